The van der Waals surface area contributed by atoms with E-state index in [-0.39, 0.29) is 17.4 Å². The van der Waals surface area contributed by atoms with Crippen LogP contribution in [0.15, 0.2) is 21.5 Å². The van der Waals surface area contributed by atoms with Gasteiger partial charge >= 0.3 is 0 Å². The third-order valence-corrected chi connectivity index (χ3v) is 4.12. The third-order valence-electron chi connectivity index (χ3n) is 4.12. The van der Waals surface area contributed by atoms with Crippen LogP contribution in [0.25, 0.3) is 0 Å². The van der Waals surface area contributed by atoms with Crippen molar-refractivity contribution in [1.82, 2.24) is 24.8 Å². The molecule has 0 aromatic carbocycles. The van der Waals surface area contributed by atoms with Gasteiger partial charge in [-0.2, -0.15) is 10.1 Å². The van der Waals surface area contributed by atoms with E-state index in [4.69, 9.17) is 4.52 Å². The first-order chi connectivity index (χ1) is 11.6. The molecule has 1 fully saturated rings. The van der Waals surface area contributed by atoms with E-state index in [0.717, 1.165) is 19.3 Å². The van der Waals surface area contributed by atoms with Crippen molar-refractivity contribution in [2.45, 2.75) is 45.6 Å². The number of piperidine rings is 1. The molecule has 3 rings (SSSR count). The first-order valence-electron chi connectivity index (χ1n) is 8.26. The fraction of sp³-hybridized carbons (Fsp3) is 0.562. The Bertz CT molecular complexity index is 782. The minimum absolute atomic E-state index is 0.0467. The molecule has 8 nitrogen and oxygen atoms in total. The number of carbonyl (C=O) groups excluding carboxylic acids is 1. The SMILES string of the molecule is CCCn1nc(C(=O)N2CCCC(c3nc(C)no3)C2)ccc1=O. The molecule has 1 aliphatic rings. The monoisotopic (exact) mass is 331 g/mol. The summed E-state index contributed by atoms with van der Waals surface area (Å²) in [5.74, 6) is 1.06. The van der Waals surface area contributed by atoms with Crippen LogP contribution in [-0.2, 0) is 6.54 Å². The molecule has 0 bridgehead atoms. The van der Waals surface area contributed by atoms with Crippen molar-refractivity contribution in [3.63, 3.8) is 0 Å². The Balaban J connectivity index is 1.77. The number of rotatable bonds is 4. The number of carbonyl (C=O) groups is 1. The maximum atomic E-state index is 12.7. The highest BCUT2D eigenvalue weighted by molar-refractivity contribution is 5.92. The first kappa shape index (κ1) is 16.4. The molecular formula is C16H21N5O3. The predicted octanol–water partition coefficient (Wildman–Crippen LogP) is 1.36. The van der Waals surface area contributed by atoms with Crippen molar-refractivity contribution >= 4 is 5.91 Å². The van der Waals surface area contributed by atoms with Crippen LogP contribution in [0.3, 0.4) is 0 Å². The average molecular weight is 331 g/mol. The largest absolute Gasteiger partial charge is 0.339 e. The standard InChI is InChI=1S/C16H21N5O3/c1-3-8-21-14(22)7-6-13(18-21)16(23)20-9-4-5-12(10-20)15-17-11(2)19-24-15/h6-7,12H,3-5,8-10H2,1-2H3. The van der Waals surface area contributed by atoms with Crippen LogP contribution in [0, 0.1) is 6.92 Å². The van der Waals surface area contributed by atoms with E-state index in [1.807, 2.05) is 6.92 Å². The van der Waals surface area contributed by atoms with Gasteiger partial charge in [0, 0.05) is 25.7 Å². The van der Waals surface area contributed by atoms with Gasteiger partial charge in [-0.3, -0.25) is 9.59 Å². The van der Waals surface area contributed by atoms with Gasteiger partial charge in [0.15, 0.2) is 5.82 Å². The zero-order valence-electron chi connectivity index (χ0n) is 13.9. The molecule has 8 heteroatoms. The van der Waals surface area contributed by atoms with Gasteiger partial charge in [0.1, 0.15) is 5.69 Å². The molecule has 0 saturated carbocycles. The lowest BCUT2D eigenvalue weighted by molar-refractivity contribution is 0.0686. The van der Waals surface area contributed by atoms with Gasteiger partial charge in [-0.15, -0.1) is 0 Å². The summed E-state index contributed by atoms with van der Waals surface area (Å²) in [5, 5.41) is 8.02. The van der Waals surface area contributed by atoms with Crippen LogP contribution in [0.1, 0.15) is 54.3 Å². The average Bonchev–Trinajstić information content (AvgIpc) is 3.03. The second kappa shape index (κ2) is 6.94. The summed E-state index contributed by atoms with van der Waals surface area (Å²) in [5.41, 5.74) is 0.108. The molecule has 1 unspecified atom stereocenters. The zero-order valence-corrected chi connectivity index (χ0v) is 13.9. The molecule has 0 N–H and O–H groups in total. The molecule has 1 amide bonds. The number of hydrogen-bond donors (Lipinski definition) is 0. The highest BCUT2D eigenvalue weighted by atomic mass is 16.5. The quantitative estimate of drug-likeness (QED) is 0.840. The van der Waals surface area contributed by atoms with Gasteiger partial charge in [0.05, 0.1) is 5.92 Å². The summed E-state index contributed by atoms with van der Waals surface area (Å²) >= 11 is 0. The number of likely N-dealkylation sites (tertiary alicyclic amines) is 1. The maximum absolute atomic E-state index is 12.7. The molecule has 3 heterocycles. The van der Waals surface area contributed by atoms with Crippen molar-refractivity contribution in [3.05, 3.63) is 39.9 Å². The molecule has 0 spiro atoms. The number of aromatic nitrogens is 4. The molecule has 2 aromatic rings. The van der Waals surface area contributed by atoms with Gasteiger partial charge in [-0.25, -0.2) is 4.68 Å². The van der Waals surface area contributed by atoms with Crippen molar-refractivity contribution in [2.75, 3.05) is 13.1 Å². The highest BCUT2D eigenvalue weighted by Gasteiger charge is 2.29. The molecule has 1 saturated heterocycles. The van der Waals surface area contributed by atoms with E-state index in [1.54, 1.807) is 11.8 Å². The maximum Gasteiger partial charge on any atom is 0.274 e. The smallest absolute Gasteiger partial charge is 0.274 e. The van der Waals surface area contributed by atoms with Gasteiger partial charge in [0.2, 0.25) is 5.89 Å². The summed E-state index contributed by atoms with van der Waals surface area (Å²) in [7, 11) is 0. The Morgan fingerprint density at radius 1 is 1.42 bits per heavy atom. The summed E-state index contributed by atoms with van der Waals surface area (Å²) in [4.78, 5) is 30.5. The third kappa shape index (κ3) is 3.37. The number of amides is 1. The van der Waals surface area contributed by atoms with E-state index in [0.29, 0.717) is 37.0 Å². The van der Waals surface area contributed by atoms with Gasteiger partial charge in [0.25, 0.3) is 11.5 Å². The van der Waals surface area contributed by atoms with Crippen molar-refractivity contribution in [2.24, 2.45) is 0 Å². The Labute approximate surface area is 139 Å². The lowest BCUT2D eigenvalue weighted by atomic mass is 9.97. The van der Waals surface area contributed by atoms with E-state index in [2.05, 4.69) is 15.2 Å². The van der Waals surface area contributed by atoms with Gasteiger partial charge in [-0.05, 0) is 32.3 Å². The van der Waals surface area contributed by atoms with Gasteiger partial charge < -0.3 is 9.42 Å². The molecule has 2 aromatic heterocycles. The van der Waals surface area contributed by atoms with E-state index in [1.165, 1.54) is 16.8 Å². The van der Waals surface area contributed by atoms with Crippen LogP contribution in [-0.4, -0.2) is 43.8 Å². The second-order valence-corrected chi connectivity index (χ2v) is 6.05. The number of nitrogens with zero attached hydrogens (tertiary/aromatic N) is 5. The number of aryl methyl sites for hydroxylation is 2. The highest BCUT2D eigenvalue weighted by Crippen LogP contribution is 2.26. The minimum Gasteiger partial charge on any atom is -0.339 e. The van der Waals surface area contributed by atoms with Crippen molar-refractivity contribution < 1.29 is 9.32 Å². The Morgan fingerprint density at radius 2 is 2.25 bits per heavy atom. The second-order valence-electron chi connectivity index (χ2n) is 6.05. The van der Waals surface area contributed by atoms with Crippen LogP contribution in [0.5, 0.6) is 0 Å². The Kier molecular flexibility index (Phi) is 4.73. The molecule has 24 heavy (non-hydrogen) atoms. The molecule has 0 radical (unpaired) electrons. The Hall–Kier alpha value is -2.51. The molecule has 1 atom stereocenters. The van der Waals surface area contributed by atoms with Crippen molar-refractivity contribution in [3.8, 4) is 0 Å². The molecule has 128 valence electrons. The molecule has 1 aliphatic heterocycles. The normalized spacial score (nSPS) is 17.9. The zero-order chi connectivity index (χ0) is 17.1. The summed E-state index contributed by atoms with van der Waals surface area (Å²) in [6, 6.07) is 2.90. The number of hydrogen-bond acceptors (Lipinski definition) is 6. The van der Waals surface area contributed by atoms with Crippen LogP contribution < -0.4 is 5.56 Å². The molecular weight excluding hydrogens is 310 g/mol. The van der Waals surface area contributed by atoms with Crippen LogP contribution >= 0.6 is 0 Å². The first-order valence-corrected chi connectivity index (χ1v) is 8.26. The topological polar surface area (TPSA) is 94.1 Å². The van der Waals surface area contributed by atoms with Crippen LogP contribution in [0.4, 0.5) is 0 Å². The van der Waals surface area contributed by atoms with Crippen LogP contribution in [0.2, 0.25) is 0 Å². The lowest BCUT2D eigenvalue weighted by Crippen LogP contribution is -2.40. The minimum atomic E-state index is -0.189. The Morgan fingerprint density at radius 3 is 2.96 bits per heavy atom. The van der Waals surface area contributed by atoms with E-state index in [9.17, 15) is 9.59 Å². The predicted molar refractivity (Wildman–Crippen MR) is 85.7 cm³/mol. The van der Waals surface area contributed by atoms with E-state index < -0.39 is 0 Å². The fourth-order valence-electron chi connectivity index (χ4n) is 2.94. The molecule has 0 aliphatic carbocycles. The fourth-order valence-corrected chi connectivity index (χ4v) is 2.94. The summed E-state index contributed by atoms with van der Waals surface area (Å²) in [6.45, 7) is 5.43. The van der Waals surface area contributed by atoms with E-state index >= 15 is 0 Å². The van der Waals surface area contributed by atoms with Crippen molar-refractivity contribution in [1.29, 1.82) is 0 Å². The van der Waals surface area contributed by atoms with Gasteiger partial charge in [-0.1, -0.05) is 12.1 Å². The summed E-state index contributed by atoms with van der Waals surface area (Å²) < 4.78 is 6.59. The lowest BCUT2D eigenvalue weighted by Gasteiger charge is -2.30. The summed E-state index contributed by atoms with van der Waals surface area (Å²) in [6.07, 6.45) is 2.56.